The van der Waals surface area contributed by atoms with Crippen LogP contribution in [0.5, 0.6) is 5.75 Å². The first kappa shape index (κ1) is 22.8. The van der Waals surface area contributed by atoms with Crippen LogP contribution in [0.4, 0.5) is 5.82 Å². The molecule has 0 aliphatic carbocycles. The van der Waals surface area contributed by atoms with Crippen LogP contribution in [-0.2, 0) is 7.05 Å². The lowest BCUT2D eigenvalue weighted by atomic mass is 10.0. The minimum Gasteiger partial charge on any atom is -0.441 e. The van der Waals surface area contributed by atoms with Crippen molar-refractivity contribution in [2.24, 2.45) is 7.05 Å². The summed E-state index contributed by atoms with van der Waals surface area (Å²) >= 11 is 6.52. The minimum absolute atomic E-state index is 0.113. The highest BCUT2D eigenvalue weighted by atomic mass is 35.5. The molecule has 0 saturated carbocycles. The van der Waals surface area contributed by atoms with E-state index < -0.39 is 12.0 Å². The third-order valence-corrected chi connectivity index (χ3v) is 6.22. The summed E-state index contributed by atoms with van der Waals surface area (Å²) in [6, 6.07) is 18.3. The SMILES string of the molecule is Cn1cccc1NC(O)Oc1cc2nc(-c3cc(Cl)c4[nH]ncc4c3)c(-c3ccccc3)nc2[nH]c1=O. The molecule has 0 aliphatic rings. The van der Waals surface area contributed by atoms with Crippen molar-refractivity contribution in [3.05, 3.63) is 88.4 Å². The maximum Gasteiger partial charge on any atom is 0.292 e. The van der Waals surface area contributed by atoms with Gasteiger partial charge in [-0.05, 0) is 24.3 Å². The van der Waals surface area contributed by atoms with Gasteiger partial charge >= 0.3 is 0 Å². The minimum atomic E-state index is -1.47. The molecule has 4 heterocycles. The number of anilines is 1. The Kier molecular flexibility index (Phi) is 5.59. The summed E-state index contributed by atoms with van der Waals surface area (Å²) < 4.78 is 7.26. The maximum atomic E-state index is 12.8. The molecular weight excluding hydrogens is 494 g/mol. The van der Waals surface area contributed by atoms with Crippen LogP contribution in [0.2, 0.25) is 5.02 Å². The predicted octanol–water partition coefficient (Wildman–Crippen LogP) is 4.29. The van der Waals surface area contributed by atoms with E-state index in [1.807, 2.05) is 55.7 Å². The number of ether oxygens (including phenoxy) is 1. The van der Waals surface area contributed by atoms with Crippen LogP contribution in [0.25, 0.3) is 44.6 Å². The summed E-state index contributed by atoms with van der Waals surface area (Å²) in [5.74, 6) is 0.503. The number of halogens is 1. The van der Waals surface area contributed by atoms with Gasteiger partial charge in [0.15, 0.2) is 11.4 Å². The quantitative estimate of drug-likeness (QED) is 0.244. The number of aromatic amines is 2. The van der Waals surface area contributed by atoms with Gasteiger partial charge in [0.25, 0.3) is 12.0 Å². The van der Waals surface area contributed by atoms with Crippen molar-refractivity contribution in [1.29, 1.82) is 0 Å². The van der Waals surface area contributed by atoms with E-state index >= 15 is 0 Å². The summed E-state index contributed by atoms with van der Waals surface area (Å²) in [6.07, 6.45) is 2.03. The van der Waals surface area contributed by atoms with E-state index in [4.69, 9.17) is 26.3 Å². The average molecular weight is 514 g/mol. The van der Waals surface area contributed by atoms with Gasteiger partial charge in [0, 0.05) is 35.8 Å². The fraction of sp³-hybridized carbons (Fsp3) is 0.0769. The van der Waals surface area contributed by atoms with E-state index in [2.05, 4.69) is 20.5 Å². The fourth-order valence-corrected chi connectivity index (χ4v) is 4.39. The molecule has 0 aliphatic heterocycles. The second-order valence-electron chi connectivity index (χ2n) is 8.39. The zero-order chi connectivity index (χ0) is 25.5. The number of aryl methyl sites for hydroxylation is 1. The number of pyridine rings is 1. The van der Waals surface area contributed by atoms with Crippen molar-refractivity contribution >= 4 is 39.5 Å². The number of hydrogen-bond acceptors (Lipinski definition) is 7. The highest BCUT2D eigenvalue weighted by molar-refractivity contribution is 6.35. The molecule has 0 bridgehead atoms. The molecule has 11 heteroatoms. The Morgan fingerprint density at radius 2 is 1.86 bits per heavy atom. The number of nitrogens with zero attached hydrogens (tertiary/aromatic N) is 4. The first-order valence-electron chi connectivity index (χ1n) is 11.3. The lowest BCUT2D eigenvalue weighted by molar-refractivity contribution is 0.00618. The molecule has 0 radical (unpaired) electrons. The van der Waals surface area contributed by atoms with Crippen LogP contribution in [0.3, 0.4) is 0 Å². The van der Waals surface area contributed by atoms with Gasteiger partial charge in [-0.1, -0.05) is 41.9 Å². The predicted molar refractivity (Wildman–Crippen MR) is 141 cm³/mol. The molecular formula is C26H20ClN7O3. The largest absolute Gasteiger partial charge is 0.441 e. The molecule has 0 amide bonds. The number of benzene rings is 2. The number of aromatic nitrogens is 6. The smallest absolute Gasteiger partial charge is 0.292 e. The summed E-state index contributed by atoms with van der Waals surface area (Å²) in [5, 5.41) is 21.4. The van der Waals surface area contributed by atoms with Crippen LogP contribution >= 0.6 is 11.6 Å². The summed E-state index contributed by atoms with van der Waals surface area (Å²) in [7, 11) is 1.81. The molecule has 4 N–H and O–H groups in total. The lowest BCUT2D eigenvalue weighted by Gasteiger charge is -2.16. The second kappa shape index (κ2) is 9.08. The summed E-state index contributed by atoms with van der Waals surface area (Å²) in [4.78, 5) is 25.1. The van der Waals surface area contributed by atoms with Crippen LogP contribution < -0.4 is 15.6 Å². The Morgan fingerprint density at radius 1 is 1.05 bits per heavy atom. The van der Waals surface area contributed by atoms with Crippen molar-refractivity contribution in [1.82, 2.24) is 29.7 Å². The van der Waals surface area contributed by atoms with Crippen LogP contribution in [0.15, 0.2) is 77.9 Å². The maximum absolute atomic E-state index is 12.8. The topological polar surface area (TPSA) is 134 Å². The van der Waals surface area contributed by atoms with Crippen LogP contribution in [0.1, 0.15) is 0 Å². The van der Waals surface area contributed by atoms with E-state index in [-0.39, 0.29) is 11.4 Å². The van der Waals surface area contributed by atoms with E-state index in [1.54, 1.807) is 22.9 Å². The van der Waals surface area contributed by atoms with Crippen molar-refractivity contribution in [3.63, 3.8) is 0 Å². The highest BCUT2D eigenvalue weighted by Crippen LogP contribution is 2.34. The number of hydrogen-bond donors (Lipinski definition) is 4. The molecule has 1 unspecified atom stereocenters. The van der Waals surface area contributed by atoms with Gasteiger partial charge < -0.3 is 24.7 Å². The molecule has 6 aromatic rings. The van der Waals surface area contributed by atoms with Gasteiger partial charge in [-0.2, -0.15) is 5.10 Å². The molecule has 0 spiro atoms. The second-order valence-corrected chi connectivity index (χ2v) is 8.80. The van der Waals surface area contributed by atoms with Crippen molar-refractivity contribution < 1.29 is 9.84 Å². The van der Waals surface area contributed by atoms with Gasteiger partial charge in [0.1, 0.15) is 11.3 Å². The monoisotopic (exact) mass is 513 g/mol. The number of rotatable bonds is 6. The molecule has 10 nitrogen and oxygen atoms in total. The third-order valence-electron chi connectivity index (χ3n) is 5.92. The lowest BCUT2D eigenvalue weighted by Crippen LogP contribution is -2.29. The first-order chi connectivity index (χ1) is 18.0. The number of H-pyrrole nitrogens is 2. The van der Waals surface area contributed by atoms with E-state index in [0.717, 1.165) is 22.0 Å². The molecule has 184 valence electrons. The standard InChI is InChI=1S/C26H20ClN7O3/c1-34-9-5-8-20(34)30-26(36)37-19-12-18-24(32-25(19)35)31-22(14-6-3-2-4-7-14)23(29-18)15-10-16-13-28-33-21(16)17(27)11-15/h2-13,26,30,36H,1H3,(H,28,33)(H,31,32,35). The van der Waals surface area contributed by atoms with Gasteiger partial charge in [-0.25, -0.2) is 9.97 Å². The Hall–Kier alpha value is -4.67. The van der Waals surface area contributed by atoms with Gasteiger partial charge in [0.05, 0.1) is 28.1 Å². The Morgan fingerprint density at radius 3 is 2.65 bits per heavy atom. The molecule has 6 rings (SSSR count). The zero-order valence-electron chi connectivity index (χ0n) is 19.4. The first-order valence-corrected chi connectivity index (χ1v) is 11.7. The van der Waals surface area contributed by atoms with Crippen molar-refractivity contribution in [3.8, 4) is 28.3 Å². The molecule has 0 saturated heterocycles. The summed E-state index contributed by atoms with van der Waals surface area (Å²) in [5.41, 5.74) is 3.50. The third kappa shape index (κ3) is 4.28. The molecule has 2 aromatic carbocycles. The molecule has 37 heavy (non-hydrogen) atoms. The number of aliphatic hydroxyl groups is 1. The van der Waals surface area contributed by atoms with Crippen LogP contribution in [-0.4, -0.2) is 41.2 Å². The number of nitrogens with one attached hydrogen (secondary N) is 3. The molecule has 4 aromatic heterocycles. The van der Waals surface area contributed by atoms with E-state index in [9.17, 15) is 9.90 Å². The molecule has 1 atom stereocenters. The van der Waals surface area contributed by atoms with E-state index in [0.29, 0.717) is 27.7 Å². The number of aliphatic hydroxyl groups excluding tert-OH is 1. The van der Waals surface area contributed by atoms with Crippen molar-refractivity contribution in [2.75, 3.05) is 5.32 Å². The Labute approximate surface area is 214 Å². The Balaban J connectivity index is 1.47. The number of fused-ring (bicyclic) bond motifs is 2. The fourth-order valence-electron chi connectivity index (χ4n) is 4.12. The van der Waals surface area contributed by atoms with Gasteiger partial charge in [0.2, 0.25) is 0 Å². The zero-order valence-corrected chi connectivity index (χ0v) is 20.2. The highest BCUT2D eigenvalue weighted by Gasteiger charge is 2.18. The average Bonchev–Trinajstić information content (AvgIpc) is 3.53. The van der Waals surface area contributed by atoms with Gasteiger partial charge in [-0.15, -0.1) is 0 Å². The summed E-state index contributed by atoms with van der Waals surface area (Å²) in [6.45, 7) is 0. The van der Waals surface area contributed by atoms with Crippen LogP contribution in [0, 0.1) is 0 Å². The normalized spacial score (nSPS) is 12.2. The Bertz CT molecular complexity index is 1810. The van der Waals surface area contributed by atoms with Gasteiger partial charge in [-0.3, -0.25) is 9.89 Å². The molecule has 0 fully saturated rings. The van der Waals surface area contributed by atoms with Crippen molar-refractivity contribution in [2.45, 2.75) is 6.41 Å². The van der Waals surface area contributed by atoms with E-state index in [1.165, 1.54) is 6.07 Å².